The van der Waals surface area contributed by atoms with Crippen molar-refractivity contribution < 1.29 is 9.59 Å². The number of rotatable bonds is 4. The number of piperazine rings is 1. The maximum absolute atomic E-state index is 13.7. The first-order chi connectivity index (χ1) is 19.7. The summed E-state index contributed by atoms with van der Waals surface area (Å²) < 4.78 is 0. The Morgan fingerprint density at radius 3 is 1.05 bits per heavy atom. The molecule has 8 heteroatoms. The van der Waals surface area contributed by atoms with Gasteiger partial charge in [0.2, 0.25) is 11.8 Å². The minimum Gasteiger partial charge on any atom is -0.292 e. The van der Waals surface area contributed by atoms with Crippen LogP contribution in [-0.4, -0.2) is 60.9 Å². The molecule has 40 heavy (non-hydrogen) atoms. The van der Waals surface area contributed by atoms with Crippen molar-refractivity contribution in [2.45, 2.75) is 19.6 Å². The van der Waals surface area contributed by atoms with Crippen molar-refractivity contribution in [3.05, 3.63) is 97.1 Å². The van der Waals surface area contributed by atoms with E-state index in [2.05, 4.69) is 34.1 Å². The van der Waals surface area contributed by atoms with Gasteiger partial charge < -0.3 is 0 Å². The third-order valence-corrected chi connectivity index (χ3v) is 9.81. The van der Waals surface area contributed by atoms with Gasteiger partial charge in [0.1, 0.15) is 0 Å². The molecule has 3 aliphatic rings. The number of nitrogens with zero attached hydrogens (tertiary/aromatic N) is 4. The maximum atomic E-state index is 13.7. The summed E-state index contributed by atoms with van der Waals surface area (Å²) in [5.41, 5.74) is 3.78. The molecule has 1 saturated heterocycles. The molecule has 3 heterocycles. The zero-order valence-corrected chi connectivity index (χ0v) is 23.5. The lowest BCUT2D eigenvalue weighted by Crippen LogP contribution is -2.52. The summed E-state index contributed by atoms with van der Waals surface area (Å²) >= 11 is 3.42. The summed E-state index contributed by atoms with van der Waals surface area (Å²) in [5, 5.41) is 0. The summed E-state index contributed by atoms with van der Waals surface area (Å²) in [4.78, 5) is 39.9. The van der Waals surface area contributed by atoms with Gasteiger partial charge in [-0.15, -0.1) is 0 Å². The molecule has 0 bridgehead atoms. The molecule has 3 aliphatic heterocycles. The van der Waals surface area contributed by atoms with E-state index in [0.29, 0.717) is 13.1 Å². The number of benzene rings is 4. The van der Waals surface area contributed by atoms with E-state index in [0.717, 1.165) is 68.5 Å². The van der Waals surface area contributed by atoms with E-state index in [-0.39, 0.29) is 11.8 Å². The average molecular weight is 565 g/mol. The van der Waals surface area contributed by atoms with E-state index in [4.69, 9.17) is 0 Å². The number of hydrogen-bond acceptors (Lipinski definition) is 6. The fourth-order valence-electron chi connectivity index (χ4n) is 5.58. The van der Waals surface area contributed by atoms with Gasteiger partial charge in [-0.05, 0) is 48.5 Å². The minimum atomic E-state index is 0.0729. The van der Waals surface area contributed by atoms with Crippen LogP contribution in [0.3, 0.4) is 0 Å². The second kappa shape index (κ2) is 10.8. The molecule has 0 saturated carbocycles. The van der Waals surface area contributed by atoms with Crippen LogP contribution in [0.4, 0.5) is 22.7 Å². The fraction of sp³-hybridized carbons (Fsp3) is 0.188. The third-order valence-electron chi connectivity index (χ3n) is 7.55. The second-order valence-electron chi connectivity index (χ2n) is 10.1. The number of carbonyl (C=O) groups is 2. The van der Waals surface area contributed by atoms with Crippen LogP contribution in [0, 0.1) is 0 Å². The molecule has 0 spiro atoms. The van der Waals surface area contributed by atoms with Crippen molar-refractivity contribution in [3.8, 4) is 0 Å². The van der Waals surface area contributed by atoms with Crippen LogP contribution in [0.1, 0.15) is 0 Å². The number of fused-ring (bicyclic) bond motifs is 4. The molecule has 0 aliphatic carbocycles. The van der Waals surface area contributed by atoms with Crippen molar-refractivity contribution in [2.75, 3.05) is 49.1 Å². The van der Waals surface area contributed by atoms with Gasteiger partial charge in [0.15, 0.2) is 0 Å². The predicted octanol–water partition coefficient (Wildman–Crippen LogP) is 6.26. The molecule has 0 atom stereocenters. The molecular weight excluding hydrogens is 537 g/mol. The number of para-hydroxylation sites is 4. The summed E-state index contributed by atoms with van der Waals surface area (Å²) in [6, 6.07) is 32.4. The van der Waals surface area contributed by atoms with Crippen molar-refractivity contribution >= 4 is 58.1 Å². The van der Waals surface area contributed by atoms with Crippen LogP contribution in [0.5, 0.6) is 0 Å². The Bertz CT molecular complexity index is 1390. The van der Waals surface area contributed by atoms with Crippen molar-refractivity contribution in [1.29, 1.82) is 0 Å². The Kier molecular flexibility index (Phi) is 6.85. The molecule has 2 amide bonds. The number of hydrogen-bond donors (Lipinski definition) is 0. The maximum Gasteiger partial charge on any atom is 0.245 e. The Morgan fingerprint density at radius 2 is 0.750 bits per heavy atom. The lowest BCUT2D eigenvalue weighted by atomic mass is 10.2. The molecule has 0 radical (unpaired) electrons. The smallest absolute Gasteiger partial charge is 0.245 e. The molecule has 200 valence electrons. The lowest BCUT2D eigenvalue weighted by molar-refractivity contribution is -0.121. The molecule has 6 nitrogen and oxygen atoms in total. The monoisotopic (exact) mass is 564 g/mol. The Hall–Kier alpha value is -3.56. The van der Waals surface area contributed by atoms with Crippen LogP contribution < -0.4 is 9.80 Å². The van der Waals surface area contributed by atoms with Gasteiger partial charge in [-0.2, -0.15) is 0 Å². The number of carbonyl (C=O) groups excluding carboxylic acids is 2. The molecule has 0 unspecified atom stereocenters. The zero-order valence-electron chi connectivity index (χ0n) is 21.9. The van der Waals surface area contributed by atoms with Gasteiger partial charge in [-0.1, -0.05) is 72.1 Å². The van der Waals surface area contributed by atoms with Crippen molar-refractivity contribution in [2.24, 2.45) is 0 Å². The summed E-state index contributed by atoms with van der Waals surface area (Å²) in [6.45, 7) is 3.67. The van der Waals surface area contributed by atoms with Gasteiger partial charge in [-0.3, -0.25) is 29.2 Å². The summed E-state index contributed by atoms with van der Waals surface area (Å²) in [6.07, 6.45) is 0. The van der Waals surface area contributed by atoms with Gasteiger partial charge >= 0.3 is 0 Å². The van der Waals surface area contributed by atoms with Crippen LogP contribution in [0.25, 0.3) is 0 Å². The van der Waals surface area contributed by atoms with Crippen molar-refractivity contribution in [3.63, 3.8) is 0 Å². The summed E-state index contributed by atoms with van der Waals surface area (Å²) in [5.74, 6) is 0.146. The first-order valence-corrected chi connectivity index (χ1v) is 15.1. The second-order valence-corrected chi connectivity index (χ2v) is 12.3. The fourth-order valence-corrected chi connectivity index (χ4v) is 7.69. The van der Waals surface area contributed by atoms with Gasteiger partial charge in [0, 0.05) is 45.8 Å². The van der Waals surface area contributed by atoms with E-state index in [1.54, 1.807) is 23.5 Å². The molecule has 7 rings (SSSR count). The predicted molar refractivity (Wildman–Crippen MR) is 161 cm³/mol. The van der Waals surface area contributed by atoms with E-state index in [9.17, 15) is 9.59 Å². The average Bonchev–Trinajstić information content (AvgIpc) is 2.99. The van der Waals surface area contributed by atoms with Crippen LogP contribution in [0.2, 0.25) is 0 Å². The van der Waals surface area contributed by atoms with E-state index in [1.807, 2.05) is 82.6 Å². The van der Waals surface area contributed by atoms with E-state index < -0.39 is 0 Å². The lowest BCUT2D eigenvalue weighted by Gasteiger charge is -2.37. The van der Waals surface area contributed by atoms with Crippen LogP contribution in [-0.2, 0) is 9.59 Å². The molecule has 0 aromatic heterocycles. The highest BCUT2D eigenvalue weighted by Crippen LogP contribution is 2.49. The molecular formula is C32H28N4O2S2. The van der Waals surface area contributed by atoms with Crippen LogP contribution >= 0.6 is 23.5 Å². The van der Waals surface area contributed by atoms with E-state index >= 15 is 0 Å². The van der Waals surface area contributed by atoms with Crippen molar-refractivity contribution in [1.82, 2.24) is 9.80 Å². The number of amides is 2. The van der Waals surface area contributed by atoms with Gasteiger partial charge in [0.25, 0.3) is 0 Å². The number of anilines is 4. The largest absolute Gasteiger partial charge is 0.292 e. The Balaban J connectivity index is 1.02. The highest BCUT2D eigenvalue weighted by atomic mass is 32.2. The van der Waals surface area contributed by atoms with Crippen LogP contribution in [0.15, 0.2) is 117 Å². The molecule has 4 aromatic carbocycles. The first-order valence-electron chi connectivity index (χ1n) is 13.5. The Labute approximate surface area is 242 Å². The zero-order chi connectivity index (χ0) is 27.1. The SMILES string of the molecule is O=C(CN1CCN(CC(=O)N2c3ccccc3Sc3ccccc32)CC1)N1c2ccccc2Sc2ccccc21. The topological polar surface area (TPSA) is 47.1 Å². The van der Waals surface area contributed by atoms with E-state index in [1.165, 1.54) is 0 Å². The minimum absolute atomic E-state index is 0.0729. The molecule has 4 aromatic rings. The standard InChI is InChI=1S/C32H28N4O2S2/c37-31(35-23-9-1-5-13-27(23)39-28-14-6-2-10-24(28)35)21-33-17-19-34(20-18-33)22-32(38)36-25-11-3-7-15-29(25)40-30-16-8-4-12-26(30)36/h1-16H,17-22H2. The van der Waals surface area contributed by atoms with Gasteiger partial charge in [0.05, 0.1) is 35.8 Å². The highest BCUT2D eigenvalue weighted by Gasteiger charge is 2.32. The third kappa shape index (κ3) is 4.71. The normalized spacial score (nSPS) is 16.5. The first kappa shape index (κ1) is 25.4. The highest BCUT2D eigenvalue weighted by molar-refractivity contribution is 8.00. The summed E-state index contributed by atoms with van der Waals surface area (Å²) in [7, 11) is 0. The molecule has 0 N–H and O–H groups in total. The molecule has 1 fully saturated rings. The quantitative estimate of drug-likeness (QED) is 0.292. The van der Waals surface area contributed by atoms with Gasteiger partial charge in [-0.25, -0.2) is 0 Å². The Morgan fingerprint density at radius 1 is 0.475 bits per heavy atom.